The number of hydrogen-bond donors (Lipinski definition) is 0. The van der Waals surface area contributed by atoms with Gasteiger partial charge in [0.25, 0.3) is 0 Å². The zero-order chi connectivity index (χ0) is 50.2. The summed E-state index contributed by atoms with van der Waals surface area (Å²) in [6.07, 6.45) is 41.6. The molecule has 0 aliphatic rings. The number of ether oxygens (including phenoxy) is 8. The molecule has 0 aromatic heterocycles. The largest absolute Gasteiger partial charge is 0.465 e. The van der Waals surface area contributed by atoms with Crippen LogP contribution >= 0.6 is 0 Å². The van der Waals surface area contributed by atoms with Crippen molar-refractivity contribution in [1.82, 2.24) is 0 Å². The van der Waals surface area contributed by atoms with E-state index in [4.69, 9.17) is 37.9 Å². The van der Waals surface area contributed by atoms with Crippen molar-refractivity contribution in [3.63, 3.8) is 0 Å². The molecule has 0 aromatic carbocycles. The number of hydrogen-bond acceptors (Lipinski definition) is 10. The molecule has 1 atom stereocenters. The smallest absolute Gasteiger partial charge is 0.308 e. The van der Waals surface area contributed by atoms with Gasteiger partial charge in [-0.2, -0.15) is 0 Å². The second-order valence-electron chi connectivity index (χ2n) is 19.8. The Balaban J connectivity index is 4.64. The Morgan fingerprint density at radius 2 is 0.580 bits per heavy atom. The van der Waals surface area contributed by atoms with E-state index in [1.54, 1.807) is 0 Å². The predicted molar refractivity (Wildman–Crippen MR) is 287 cm³/mol. The molecule has 0 bridgehead atoms. The molecular weight excluding hydrogens is 869 g/mol. The van der Waals surface area contributed by atoms with Gasteiger partial charge in [-0.1, -0.05) is 195 Å². The highest BCUT2D eigenvalue weighted by Crippen LogP contribution is 2.23. The van der Waals surface area contributed by atoms with Gasteiger partial charge in [-0.05, 0) is 71.1 Å². The van der Waals surface area contributed by atoms with Gasteiger partial charge >= 0.3 is 11.9 Å². The van der Waals surface area contributed by atoms with Crippen LogP contribution in [0.4, 0.5) is 0 Å². The van der Waals surface area contributed by atoms with Crippen molar-refractivity contribution in [2.24, 2.45) is 11.8 Å². The zero-order valence-electron chi connectivity index (χ0n) is 46.5. The van der Waals surface area contributed by atoms with Gasteiger partial charge in [0.1, 0.15) is 6.10 Å². The molecule has 0 saturated heterocycles. The normalized spacial score (nSPS) is 12.2. The Bertz CT molecular complexity index is 982. The SMILES string of the molecule is CCCCCCCCC(CCCCCCCC)C(=O)OCCCCCCOCC(COCCOCCOCCOCC)OCCCCCCOC(=O)C(CCCCCCCC)CCCCCCCC. The van der Waals surface area contributed by atoms with E-state index in [0.717, 1.165) is 103 Å². The van der Waals surface area contributed by atoms with Gasteiger partial charge in [-0.25, -0.2) is 0 Å². The lowest BCUT2D eigenvalue weighted by Crippen LogP contribution is -2.27. The number of unbranched alkanes of at least 4 members (excludes halogenated alkanes) is 26. The summed E-state index contributed by atoms with van der Waals surface area (Å²) in [5, 5.41) is 0. The average Bonchev–Trinajstić information content (AvgIpc) is 3.35. The van der Waals surface area contributed by atoms with Crippen molar-refractivity contribution in [3.8, 4) is 0 Å². The van der Waals surface area contributed by atoms with Crippen LogP contribution in [0.25, 0.3) is 0 Å². The molecule has 0 aliphatic carbocycles. The minimum atomic E-state index is -0.150. The van der Waals surface area contributed by atoms with Crippen LogP contribution in [-0.4, -0.2) is 104 Å². The minimum Gasteiger partial charge on any atom is -0.465 e. The maximum atomic E-state index is 13.1. The molecule has 1 unspecified atom stereocenters. The van der Waals surface area contributed by atoms with Crippen molar-refractivity contribution in [1.29, 1.82) is 0 Å². The molecule has 0 saturated carbocycles. The van der Waals surface area contributed by atoms with Crippen LogP contribution in [0.3, 0.4) is 0 Å². The van der Waals surface area contributed by atoms with Crippen LogP contribution in [0.1, 0.15) is 266 Å². The van der Waals surface area contributed by atoms with E-state index in [0.29, 0.717) is 85.9 Å². The Morgan fingerprint density at radius 3 is 0.957 bits per heavy atom. The number of carbonyl (C=O) groups excluding carboxylic acids is 2. The van der Waals surface area contributed by atoms with Crippen molar-refractivity contribution in [2.45, 2.75) is 272 Å². The van der Waals surface area contributed by atoms with E-state index in [-0.39, 0.29) is 29.9 Å². The second-order valence-corrected chi connectivity index (χ2v) is 19.8. The Labute approximate surface area is 427 Å². The zero-order valence-corrected chi connectivity index (χ0v) is 46.5. The summed E-state index contributed by atoms with van der Waals surface area (Å²) in [5.41, 5.74) is 0. The quantitative estimate of drug-likeness (QED) is 0.0432. The molecule has 10 nitrogen and oxygen atoms in total. The van der Waals surface area contributed by atoms with E-state index in [1.165, 1.54) is 128 Å². The Hall–Kier alpha value is -1.30. The third kappa shape index (κ3) is 50.0. The van der Waals surface area contributed by atoms with Gasteiger partial charge in [-0.3, -0.25) is 9.59 Å². The van der Waals surface area contributed by atoms with Gasteiger partial charge in [-0.15, -0.1) is 0 Å². The molecule has 0 rings (SSSR count). The van der Waals surface area contributed by atoms with Crippen molar-refractivity contribution in [2.75, 3.05) is 85.9 Å². The molecule has 0 aliphatic heterocycles. The molecule has 0 fully saturated rings. The van der Waals surface area contributed by atoms with E-state index >= 15 is 0 Å². The molecule has 412 valence electrons. The monoisotopic (exact) mass is 985 g/mol. The van der Waals surface area contributed by atoms with E-state index in [1.807, 2.05) is 6.92 Å². The Morgan fingerprint density at radius 1 is 0.290 bits per heavy atom. The minimum absolute atomic E-state index is 0.0291. The first-order chi connectivity index (χ1) is 34.0. The van der Waals surface area contributed by atoms with Crippen LogP contribution in [0.5, 0.6) is 0 Å². The lowest BCUT2D eigenvalue weighted by atomic mass is 9.94. The van der Waals surface area contributed by atoms with E-state index in [2.05, 4.69) is 27.7 Å². The third-order valence-electron chi connectivity index (χ3n) is 13.3. The van der Waals surface area contributed by atoms with Crippen LogP contribution in [0.15, 0.2) is 0 Å². The lowest BCUT2D eigenvalue weighted by Gasteiger charge is -2.19. The maximum Gasteiger partial charge on any atom is 0.308 e. The summed E-state index contributed by atoms with van der Waals surface area (Å²) in [5.74, 6) is 0.180. The topological polar surface area (TPSA) is 108 Å². The van der Waals surface area contributed by atoms with Gasteiger partial charge in [0.05, 0.1) is 77.9 Å². The molecule has 0 spiro atoms. The summed E-state index contributed by atoms with van der Waals surface area (Å²) < 4.78 is 46.6. The van der Waals surface area contributed by atoms with Gasteiger partial charge < -0.3 is 37.9 Å². The highest BCUT2D eigenvalue weighted by atomic mass is 16.6. The first-order valence-corrected chi connectivity index (χ1v) is 29.9. The molecule has 0 N–H and O–H groups in total. The fourth-order valence-electron chi connectivity index (χ4n) is 8.77. The third-order valence-corrected chi connectivity index (χ3v) is 13.3. The maximum absolute atomic E-state index is 13.1. The van der Waals surface area contributed by atoms with Crippen LogP contribution in [0.2, 0.25) is 0 Å². The van der Waals surface area contributed by atoms with Gasteiger partial charge in [0, 0.05) is 19.8 Å². The van der Waals surface area contributed by atoms with Crippen molar-refractivity contribution < 1.29 is 47.5 Å². The summed E-state index contributed by atoms with van der Waals surface area (Å²) >= 11 is 0. The van der Waals surface area contributed by atoms with Crippen LogP contribution in [-0.2, 0) is 47.5 Å². The van der Waals surface area contributed by atoms with E-state index < -0.39 is 0 Å². The summed E-state index contributed by atoms with van der Waals surface area (Å²) in [6.45, 7) is 18.2. The first-order valence-electron chi connectivity index (χ1n) is 29.9. The van der Waals surface area contributed by atoms with Crippen LogP contribution < -0.4 is 0 Å². The van der Waals surface area contributed by atoms with Crippen molar-refractivity contribution >= 4 is 11.9 Å². The molecule has 0 amide bonds. The molecule has 0 heterocycles. The summed E-state index contributed by atoms with van der Waals surface area (Å²) in [7, 11) is 0. The lowest BCUT2D eigenvalue weighted by molar-refractivity contribution is -0.150. The molecule has 0 aromatic rings. The number of carbonyl (C=O) groups is 2. The molecular formula is C59H116O10. The van der Waals surface area contributed by atoms with Crippen LogP contribution in [0, 0.1) is 11.8 Å². The standard InChI is InChI=1S/C59H116O10/c1-6-11-15-19-23-31-39-55(40-32-24-20-16-12-7-2)58(60)68-45-37-28-27-35-43-65-53-57(54-66-52-51-64-50-49-63-48-47-62-10-5)67-44-36-29-30-38-46-69-59(61)56(41-33-25-21-17-13-8-3)42-34-26-22-18-14-9-4/h55-57H,6-54H2,1-5H3. The highest BCUT2D eigenvalue weighted by molar-refractivity contribution is 5.72. The molecule has 69 heavy (non-hydrogen) atoms. The summed E-state index contributed by atoms with van der Waals surface area (Å²) in [4.78, 5) is 26.3. The average molecular weight is 986 g/mol. The number of rotatable bonds is 59. The van der Waals surface area contributed by atoms with E-state index in [9.17, 15) is 9.59 Å². The van der Waals surface area contributed by atoms with Crippen molar-refractivity contribution in [3.05, 3.63) is 0 Å². The number of esters is 2. The Kier molecular flexibility index (Phi) is 56.5. The second kappa shape index (κ2) is 57.6. The fraction of sp³-hybridized carbons (Fsp3) is 0.966. The molecule has 10 heteroatoms. The fourth-order valence-corrected chi connectivity index (χ4v) is 8.77. The summed E-state index contributed by atoms with van der Waals surface area (Å²) in [6, 6.07) is 0. The van der Waals surface area contributed by atoms with Gasteiger partial charge in [0.2, 0.25) is 0 Å². The molecule has 0 radical (unpaired) electrons. The first kappa shape index (κ1) is 67.7. The predicted octanol–water partition coefficient (Wildman–Crippen LogP) is 15.9. The van der Waals surface area contributed by atoms with Gasteiger partial charge in [0.15, 0.2) is 0 Å². The highest BCUT2D eigenvalue weighted by Gasteiger charge is 2.21.